The number of aromatic nitrogens is 2. The smallest absolute Gasteiger partial charge is 0.339 e. The molecule has 0 spiro atoms. The molecular formula is C19H19N3O3S. The molecule has 0 aliphatic heterocycles. The number of carboxylic acid groups (broad SMARTS) is 1. The number of carboxylic acids is 1. The quantitative estimate of drug-likeness (QED) is 0.661. The standard InChI is InChI=1S/C19H19N3O3S/c1-2-22-11-10-15(21-22)14-12-26-18(17(14)19(24)25)20-16(23)9-8-13-6-4-3-5-7-13/h3-7,10-12H,2,8-9H2,1H3,(H,20,23)(H,24,25). The van der Waals surface area contributed by atoms with Crippen molar-refractivity contribution in [1.82, 2.24) is 9.78 Å². The van der Waals surface area contributed by atoms with Crippen LogP contribution in [0.1, 0.15) is 29.3 Å². The third-order valence-corrected chi connectivity index (χ3v) is 4.88. The topological polar surface area (TPSA) is 84.2 Å². The lowest BCUT2D eigenvalue weighted by Crippen LogP contribution is -2.14. The summed E-state index contributed by atoms with van der Waals surface area (Å²) in [5.74, 6) is -1.28. The van der Waals surface area contributed by atoms with Gasteiger partial charge in [0, 0.05) is 30.1 Å². The first-order chi connectivity index (χ1) is 12.6. The minimum absolute atomic E-state index is 0.0874. The van der Waals surface area contributed by atoms with E-state index in [2.05, 4.69) is 10.4 Å². The van der Waals surface area contributed by atoms with E-state index in [0.717, 1.165) is 5.56 Å². The fourth-order valence-electron chi connectivity index (χ4n) is 2.62. The van der Waals surface area contributed by atoms with Crippen LogP contribution in [0.5, 0.6) is 0 Å². The van der Waals surface area contributed by atoms with Gasteiger partial charge in [-0.3, -0.25) is 9.48 Å². The summed E-state index contributed by atoms with van der Waals surface area (Å²) in [7, 11) is 0. The van der Waals surface area contributed by atoms with Crippen LogP contribution >= 0.6 is 11.3 Å². The van der Waals surface area contributed by atoms with E-state index in [1.165, 1.54) is 11.3 Å². The molecule has 134 valence electrons. The van der Waals surface area contributed by atoms with E-state index in [9.17, 15) is 14.7 Å². The predicted molar refractivity (Wildman–Crippen MR) is 102 cm³/mol. The number of nitrogens with zero attached hydrogens (tertiary/aromatic N) is 2. The van der Waals surface area contributed by atoms with Gasteiger partial charge in [-0.2, -0.15) is 5.10 Å². The molecule has 1 amide bonds. The SMILES string of the molecule is CCn1ccc(-c2csc(NC(=O)CCc3ccccc3)c2C(=O)O)n1. The Balaban J connectivity index is 1.75. The zero-order chi connectivity index (χ0) is 18.5. The molecule has 1 aromatic carbocycles. The Kier molecular flexibility index (Phi) is 5.48. The van der Waals surface area contributed by atoms with Crippen LogP contribution in [-0.4, -0.2) is 26.8 Å². The monoisotopic (exact) mass is 369 g/mol. The van der Waals surface area contributed by atoms with Gasteiger partial charge < -0.3 is 10.4 Å². The first-order valence-electron chi connectivity index (χ1n) is 8.31. The summed E-state index contributed by atoms with van der Waals surface area (Å²) in [5, 5.41) is 18.8. The van der Waals surface area contributed by atoms with Crippen LogP contribution in [0, 0.1) is 0 Å². The highest BCUT2D eigenvalue weighted by molar-refractivity contribution is 7.15. The van der Waals surface area contributed by atoms with Gasteiger partial charge in [-0.25, -0.2) is 4.79 Å². The summed E-state index contributed by atoms with van der Waals surface area (Å²) in [4.78, 5) is 24.0. The second-order valence-corrected chi connectivity index (χ2v) is 6.63. The summed E-state index contributed by atoms with van der Waals surface area (Å²) in [6.07, 6.45) is 2.70. The number of aromatic carboxylic acids is 1. The molecule has 0 fully saturated rings. The zero-order valence-electron chi connectivity index (χ0n) is 14.3. The minimum Gasteiger partial charge on any atom is -0.478 e. The van der Waals surface area contributed by atoms with Crippen molar-refractivity contribution in [2.75, 3.05) is 5.32 Å². The lowest BCUT2D eigenvalue weighted by molar-refractivity contribution is -0.116. The van der Waals surface area contributed by atoms with Gasteiger partial charge in [-0.1, -0.05) is 30.3 Å². The molecule has 6 nitrogen and oxygen atoms in total. The molecule has 2 aromatic heterocycles. The van der Waals surface area contributed by atoms with E-state index in [1.807, 2.05) is 37.3 Å². The van der Waals surface area contributed by atoms with Gasteiger partial charge in [0.2, 0.25) is 5.91 Å². The van der Waals surface area contributed by atoms with E-state index in [0.29, 0.717) is 35.6 Å². The molecule has 0 unspecified atom stereocenters. The Labute approximate surface area is 155 Å². The van der Waals surface area contributed by atoms with E-state index in [4.69, 9.17) is 0 Å². The first kappa shape index (κ1) is 17.9. The number of thiophene rings is 1. The van der Waals surface area contributed by atoms with E-state index < -0.39 is 5.97 Å². The number of aryl methyl sites for hydroxylation is 2. The highest BCUT2D eigenvalue weighted by Crippen LogP contribution is 2.35. The van der Waals surface area contributed by atoms with Gasteiger partial charge >= 0.3 is 5.97 Å². The highest BCUT2D eigenvalue weighted by atomic mass is 32.1. The van der Waals surface area contributed by atoms with Crippen LogP contribution in [0.25, 0.3) is 11.3 Å². The minimum atomic E-state index is -1.08. The van der Waals surface area contributed by atoms with Gasteiger partial charge in [0.05, 0.1) is 5.69 Å². The molecule has 26 heavy (non-hydrogen) atoms. The van der Waals surface area contributed by atoms with E-state index >= 15 is 0 Å². The van der Waals surface area contributed by atoms with Gasteiger partial charge in [0.15, 0.2) is 0 Å². The van der Waals surface area contributed by atoms with Crippen LogP contribution in [0.3, 0.4) is 0 Å². The van der Waals surface area contributed by atoms with Crippen molar-refractivity contribution in [2.45, 2.75) is 26.3 Å². The third-order valence-electron chi connectivity index (χ3n) is 3.98. The van der Waals surface area contributed by atoms with Gasteiger partial charge in [-0.05, 0) is 25.0 Å². The van der Waals surface area contributed by atoms with Crippen molar-refractivity contribution in [1.29, 1.82) is 0 Å². The number of carbonyl (C=O) groups excluding carboxylic acids is 1. The Morgan fingerprint density at radius 2 is 2.00 bits per heavy atom. The lowest BCUT2D eigenvalue weighted by atomic mass is 10.1. The number of benzene rings is 1. The fourth-order valence-corrected chi connectivity index (χ4v) is 3.59. The van der Waals surface area contributed by atoms with Crippen LogP contribution in [0.4, 0.5) is 5.00 Å². The maximum Gasteiger partial charge on any atom is 0.339 e. The van der Waals surface area contributed by atoms with Crippen LogP contribution in [0.15, 0.2) is 48.0 Å². The lowest BCUT2D eigenvalue weighted by Gasteiger charge is -2.05. The summed E-state index contributed by atoms with van der Waals surface area (Å²) >= 11 is 1.20. The fraction of sp³-hybridized carbons (Fsp3) is 0.211. The largest absolute Gasteiger partial charge is 0.478 e. The molecule has 0 bridgehead atoms. The Morgan fingerprint density at radius 1 is 1.23 bits per heavy atom. The Morgan fingerprint density at radius 3 is 2.65 bits per heavy atom. The molecule has 0 saturated carbocycles. The summed E-state index contributed by atoms with van der Waals surface area (Å²) < 4.78 is 1.73. The van der Waals surface area contributed by atoms with Crippen molar-refractivity contribution in [2.24, 2.45) is 0 Å². The van der Waals surface area contributed by atoms with Crippen molar-refractivity contribution in [3.8, 4) is 11.3 Å². The van der Waals surface area contributed by atoms with Crippen LogP contribution in [0.2, 0.25) is 0 Å². The van der Waals surface area contributed by atoms with Crippen LogP contribution < -0.4 is 5.32 Å². The van der Waals surface area contributed by atoms with E-state index in [-0.39, 0.29) is 11.5 Å². The van der Waals surface area contributed by atoms with Gasteiger partial charge in [0.1, 0.15) is 10.6 Å². The van der Waals surface area contributed by atoms with Crippen molar-refractivity contribution in [3.05, 3.63) is 59.1 Å². The van der Waals surface area contributed by atoms with Gasteiger partial charge in [-0.15, -0.1) is 11.3 Å². The molecule has 3 rings (SSSR count). The molecule has 0 atom stereocenters. The molecule has 0 aliphatic rings. The Bertz CT molecular complexity index is 915. The number of nitrogens with one attached hydrogen (secondary N) is 1. The summed E-state index contributed by atoms with van der Waals surface area (Å²) in [6, 6.07) is 11.5. The first-order valence-corrected chi connectivity index (χ1v) is 9.18. The molecule has 2 N–H and O–H groups in total. The molecule has 2 heterocycles. The summed E-state index contributed by atoms with van der Waals surface area (Å²) in [6.45, 7) is 2.66. The summed E-state index contributed by atoms with van der Waals surface area (Å²) in [5.41, 5.74) is 2.26. The Hall–Kier alpha value is -2.93. The van der Waals surface area contributed by atoms with Crippen molar-refractivity contribution >= 4 is 28.2 Å². The zero-order valence-corrected chi connectivity index (χ0v) is 15.1. The molecular weight excluding hydrogens is 350 g/mol. The predicted octanol–water partition coefficient (Wildman–Crippen LogP) is 3.90. The second kappa shape index (κ2) is 7.97. The number of hydrogen-bond donors (Lipinski definition) is 2. The average molecular weight is 369 g/mol. The maximum atomic E-state index is 12.2. The molecule has 0 radical (unpaired) electrons. The molecule has 3 aromatic rings. The maximum absolute atomic E-state index is 12.2. The van der Waals surface area contributed by atoms with Crippen molar-refractivity contribution < 1.29 is 14.7 Å². The second-order valence-electron chi connectivity index (χ2n) is 5.75. The third kappa shape index (κ3) is 4.00. The number of rotatable bonds is 7. The van der Waals surface area contributed by atoms with E-state index in [1.54, 1.807) is 22.3 Å². The number of carbonyl (C=O) groups is 2. The van der Waals surface area contributed by atoms with Crippen molar-refractivity contribution in [3.63, 3.8) is 0 Å². The van der Waals surface area contributed by atoms with Gasteiger partial charge in [0.25, 0.3) is 0 Å². The molecule has 7 heteroatoms. The molecule has 0 saturated heterocycles. The molecule has 0 aliphatic carbocycles. The highest BCUT2D eigenvalue weighted by Gasteiger charge is 2.22. The average Bonchev–Trinajstić information content (AvgIpc) is 3.27. The number of amides is 1. The number of hydrogen-bond acceptors (Lipinski definition) is 4. The van der Waals surface area contributed by atoms with Crippen LogP contribution in [-0.2, 0) is 17.8 Å². The normalized spacial score (nSPS) is 10.7. The number of anilines is 1.